The number of halogens is 1. The highest BCUT2D eigenvalue weighted by Crippen LogP contribution is 2.32. The molecular formula is C21H16ClN5O4S. The summed E-state index contributed by atoms with van der Waals surface area (Å²) < 4.78 is 12.5. The van der Waals surface area contributed by atoms with Crippen molar-refractivity contribution in [2.24, 2.45) is 0 Å². The largest absolute Gasteiger partial charge is 0.486 e. The van der Waals surface area contributed by atoms with Crippen molar-refractivity contribution < 1.29 is 14.3 Å². The van der Waals surface area contributed by atoms with Crippen LogP contribution in [0.25, 0.3) is 16.7 Å². The van der Waals surface area contributed by atoms with E-state index in [1.54, 1.807) is 42.5 Å². The van der Waals surface area contributed by atoms with E-state index in [1.165, 1.54) is 10.8 Å². The lowest BCUT2D eigenvalue weighted by atomic mass is 10.2. The number of aromatic amines is 1. The number of rotatable bonds is 5. The van der Waals surface area contributed by atoms with Crippen molar-refractivity contribution in [3.63, 3.8) is 0 Å². The summed E-state index contributed by atoms with van der Waals surface area (Å²) in [6, 6.07) is 12.0. The van der Waals surface area contributed by atoms with Crippen molar-refractivity contribution in [2.45, 2.75) is 5.16 Å². The van der Waals surface area contributed by atoms with Crippen LogP contribution in [0.4, 0.5) is 5.69 Å². The molecule has 0 fully saturated rings. The lowest BCUT2D eigenvalue weighted by molar-refractivity contribution is -0.113. The van der Waals surface area contributed by atoms with Gasteiger partial charge in [-0.2, -0.15) is 5.10 Å². The first-order valence-electron chi connectivity index (χ1n) is 9.63. The zero-order valence-corrected chi connectivity index (χ0v) is 18.1. The van der Waals surface area contributed by atoms with Gasteiger partial charge in [0.2, 0.25) is 5.91 Å². The number of thioether (sulfide) groups is 1. The molecule has 3 heterocycles. The number of nitrogens with one attached hydrogen (secondary N) is 2. The van der Waals surface area contributed by atoms with Gasteiger partial charge in [0.05, 0.1) is 17.6 Å². The van der Waals surface area contributed by atoms with Crippen molar-refractivity contribution in [3.05, 3.63) is 64.0 Å². The summed E-state index contributed by atoms with van der Waals surface area (Å²) in [5.41, 5.74) is 1.24. The molecule has 2 N–H and O–H groups in total. The Balaban J connectivity index is 1.39. The van der Waals surface area contributed by atoms with Crippen LogP contribution >= 0.6 is 23.4 Å². The number of hydrogen-bond acceptors (Lipinski definition) is 7. The Morgan fingerprint density at radius 2 is 1.94 bits per heavy atom. The van der Waals surface area contributed by atoms with Gasteiger partial charge in [0.15, 0.2) is 22.3 Å². The molecule has 0 aliphatic carbocycles. The summed E-state index contributed by atoms with van der Waals surface area (Å²) in [6.07, 6.45) is 1.43. The molecule has 32 heavy (non-hydrogen) atoms. The van der Waals surface area contributed by atoms with Gasteiger partial charge in [-0.15, -0.1) is 0 Å². The van der Waals surface area contributed by atoms with E-state index in [0.717, 1.165) is 11.8 Å². The fraction of sp³-hybridized carbons (Fsp3) is 0.143. The number of ether oxygens (including phenoxy) is 2. The van der Waals surface area contributed by atoms with Crippen LogP contribution in [0.1, 0.15) is 0 Å². The number of hydrogen-bond donors (Lipinski definition) is 2. The number of aromatic nitrogens is 4. The molecule has 1 amide bonds. The Hall–Kier alpha value is -3.50. The molecule has 9 nitrogen and oxygen atoms in total. The summed E-state index contributed by atoms with van der Waals surface area (Å²) >= 11 is 7.13. The van der Waals surface area contributed by atoms with E-state index in [1.807, 2.05) is 0 Å². The van der Waals surface area contributed by atoms with E-state index < -0.39 is 0 Å². The number of anilines is 1. The van der Waals surface area contributed by atoms with E-state index >= 15 is 0 Å². The van der Waals surface area contributed by atoms with Gasteiger partial charge in [-0.1, -0.05) is 23.4 Å². The van der Waals surface area contributed by atoms with Crippen LogP contribution in [-0.4, -0.2) is 44.6 Å². The molecule has 0 atom stereocenters. The average molecular weight is 470 g/mol. The third kappa shape index (κ3) is 4.02. The second-order valence-electron chi connectivity index (χ2n) is 6.84. The number of amides is 1. The molecule has 2 aromatic heterocycles. The second kappa shape index (κ2) is 8.56. The van der Waals surface area contributed by atoms with Crippen LogP contribution < -0.4 is 20.3 Å². The molecule has 162 valence electrons. The first kappa shape index (κ1) is 20.4. The van der Waals surface area contributed by atoms with Gasteiger partial charge < -0.3 is 14.8 Å². The maximum Gasteiger partial charge on any atom is 0.269 e. The molecule has 0 saturated carbocycles. The van der Waals surface area contributed by atoms with Crippen LogP contribution in [0.2, 0.25) is 5.02 Å². The molecule has 4 aromatic rings. The number of benzene rings is 2. The lowest BCUT2D eigenvalue weighted by Gasteiger charge is -2.19. The Bertz CT molecular complexity index is 1370. The van der Waals surface area contributed by atoms with Crippen molar-refractivity contribution in [2.75, 3.05) is 24.3 Å². The van der Waals surface area contributed by atoms with E-state index in [9.17, 15) is 9.59 Å². The standard InChI is InChI=1S/C21H16ClN5O4S/c22-12-1-4-14(5-2-12)27-20(29)15-10-23-26-19(15)25-21(27)32-11-18(28)24-13-3-6-16-17(9-13)31-8-7-30-16/h1-6,9-10H,7-8,11H2,(H,23,26)(H,24,28). The topological polar surface area (TPSA) is 111 Å². The Morgan fingerprint density at radius 3 is 2.75 bits per heavy atom. The molecule has 1 aliphatic rings. The third-order valence-electron chi connectivity index (χ3n) is 4.69. The minimum atomic E-state index is -0.291. The van der Waals surface area contributed by atoms with Crippen molar-refractivity contribution in [1.82, 2.24) is 19.7 Å². The molecule has 5 rings (SSSR count). The number of nitrogens with zero attached hydrogens (tertiary/aromatic N) is 3. The third-order valence-corrected chi connectivity index (χ3v) is 5.89. The predicted octanol–water partition coefficient (Wildman–Crippen LogP) is 3.26. The first-order chi connectivity index (χ1) is 15.6. The Kier molecular flexibility index (Phi) is 5.46. The molecule has 11 heteroatoms. The molecule has 0 spiro atoms. The summed E-state index contributed by atoms with van der Waals surface area (Å²) in [5, 5.41) is 10.7. The van der Waals surface area contributed by atoms with Crippen LogP contribution in [0, 0.1) is 0 Å². The van der Waals surface area contributed by atoms with Crippen molar-refractivity contribution in [3.8, 4) is 17.2 Å². The number of H-pyrrole nitrogens is 1. The lowest BCUT2D eigenvalue weighted by Crippen LogP contribution is -2.22. The zero-order valence-electron chi connectivity index (χ0n) is 16.5. The minimum absolute atomic E-state index is 0.0358. The van der Waals surface area contributed by atoms with Gasteiger partial charge in [-0.3, -0.25) is 19.3 Å². The minimum Gasteiger partial charge on any atom is -0.486 e. The second-order valence-corrected chi connectivity index (χ2v) is 8.22. The normalized spacial score (nSPS) is 12.7. The van der Waals surface area contributed by atoms with Crippen LogP contribution in [-0.2, 0) is 4.79 Å². The number of carbonyl (C=O) groups excluding carboxylic acids is 1. The fourth-order valence-electron chi connectivity index (χ4n) is 3.24. The summed E-state index contributed by atoms with van der Waals surface area (Å²) in [4.78, 5) is 30.1. The molecular weight excluding hydrogens is 454 g/mol. The Labute approximate surface area is 190 Å². The van der Waals surface area contributed by atoms with Crippen LogP contribution in [0.15, 0.2) is 58.6 Å². The molecule has 2 aromatic carbocycles. The fourth-order valence-corrected chi connectivity index (χ4v) is 4.17. The monoisotopic (exact) mass is 469 g/mol. The van der Waals surface area contributed by atoms with Crippen molar-refractivity contribution in [1.29, 1.82) is 0 Å². The summed E-state index contributed by atoms with van der Waals surface area (Å²) in [6.45, 7) is 0.961. The predicted molar refractivity (Wildman–Crippen MR) is 121 cm³/mol. The van der Waals surface area contributed by atoms with Gasteiger partial charge in [-0.25, -0.2) is 4.98 Å². The van der Waals surface area contributed by atoms with Gasteiger partial charge >= 0.3 is 0 Å². The first-order valence-corrected chi connectivity index (χ1v) is 11.0. The summed E-state index contributed by atoms with van der Waals surface area (Å²) in [5.74, 6) is 1.01. The van der Waals surface area contributed by atoms with E-state index in [-0.39, 0.29) is 17.2 Å². The quantitative estimate of drug-likeness (QED) is 0.341. The summed E-state index contributed by atoms with van der Waals surface area (Å²) in [7, 11) is 0. The molecule has 0 radical (unpaired) electrons. The van der Waals surface area contributed by atoms with E-state index in [2.05, 4.69) is 20.5 Å². The van der Waals surface area contributed by atoms with Crippen molar-refractivity contribution >= 4 is 46.0 Å². The maximum absolute atomic E-state index is 13.1. The molecule has 0 bridgehead atoms. The molecule has 0 unspecified atom stereocenters. The average Bonchev–Trinajstić information content (AvgIpc) is 3.28. The van der Waals surface area contributed by atoms with Gasteiger partial charge in [0.25, 0.3) is 5.56 Å². The van der Waals surface area contributed by atoms with E-state index in [4.69, 9.17) is 21.1 Å². The highest BCUT2D eigenvalue weighted by atomic mass is 35.5. The number of carbonyl (C=O) groups is 1. The highest BCUT2D eigenvalue weighted by molar-refractivity contribution is 7.99. The van der Waals surface area contributed by atoms with Gasteiger partial charge in [0, 0.05) is 16.8 Å². The SMILES string of the molecule is O=C(CSc1nc2[nH]ncc2c(=O)n1-c1ccc(Cl)cc1)Nc1ccc2c(c1)OCCO2. The van der Waals surface area contributed by atoms with Crippen LogP contribution in [0.3, 0.4) is 0 Å². The Morgan fingerprint density at radius 1 is 1.16 bits per heavy atom. The van der Waals surface area contributed by atoms with E-state index in [0.29, 0.717) is 57.3 Å². The smallest absolute Gasteiger partial charge is 0.269 e. The van der Waals surface area contributed by atoms with Crippen LogP contribution in [0.5, 0.6) is 11.5 Å². The zero-order chi connectivity index (χ0) is 22.1. The highest BCUT2D eigenvalue weighted by Gasteiger charge is 2.17. The van der Waals surface area contributed by atoms with Gasteiger partial charge in [0.1, 0.15) is 18.6 Å². The molecule has 0 saturated heterocycles. The van der Waals surface area contributed by atoms with Gasteiger partial charge in [-0.05, 0) is 36.4 Å². The number of fused-ring (bicyclic) bond motifs is 2. The maximum atomic E-state index is 13.1. The molecule has 1 aliphatic heterocycles.